The van der Waals surface area contributed by atoms with Gasteiger partial charge in [-0.25, -0.2) is 4.98 Å². The minimum Gasteiger partial charge on any atom is -0.497 e. The lowest BCUT2D eigenvalue weighted by atomic mass is 10.3. The highest BCUT2D eigenvalue weighted by molar-refractivity contribution is 5.44. The molecule has 0 atom stereocenters. The third kappa shape index (κ3) is 3.18. The van der Waals surface area contributed by atoms with E-state index in [9.17, 15) is 9.59 Å². The van der Waals surface area contributed by atoms with E-state index < -0.39 is 5.56 Å². The third-order valence-corrected chi connectivity index (χ3v) is 3.97. The molecule has 0 aliphatic carbocycles. The Bertz CT molecular complexity index is 1090. The van der Waals surface area contributed by atoms with Crippen LogP contribution in [0.2, 0.25) is 0 Å². The van der Waals surface area contributed by atoms with Crippen molar-refractivity contribution in [2.24, 2.45) is 10.2 Å². The Balaban J connectivity index is 1.99. The smallest absolute Gasteiger partial charge is 0.301 e. The van der Waals surface area contributed by atoms with Crippen molar-refractivity contribution in [3.8, 4) is 11.7 Å². The summed E-state index contributed by atoms with van der Waals surface area (Å²) < 4.78 is 6.23. The van der Waals surface area contributed by atoms with Crippen LogP contribution in [0.1, 0.15) is 17.0 Å². The fourth-order valence-electron chi connectivity index (χ4n) is 2.30. The Morgan fingerprint density at radius 3 is 2.38 bits per heavy atom. The number of methoxy groups -OCH3 is 1. The molecule has 2 aromatic heterocycles. The number of hydrogen-bond acceptors (Lipinski definition) is 6. The lowest BCUT2D eigenvalue weighted by Crippen LogP contribution is -2.23. The number of aromatic nitrogens is 4. The first-order chi connectivity index (χ1) is 12.4. The molecule has 3 rings (SSSR count). The van der Waals surface area contributed by atoms with Crippen LogP contribution in [0.4, 0.5) is 11.4 Å². The molecule has 3 aromatic rings. The maximum atomic E-state index is 12.6. The van der Waals surface area contributed by atoms with E-state index in [1.807, 2.05) is 0 Å². The Hall–Kier alpha value is -3.49. The fraction of sp³-hybridized carbons (Fsp3) is 0.235. The zero-order chi connectivity index (χ0) is 18.8. The van der Waals surface area contributed by atoms with Crippen molar-refractivity contribution in [3.05, 3.63) is 61.9 Å². The normalized spacial score (nSPS) is 11.2. The summed E-state index contributed by atoms with van der Waals surface area (Å²) in [5.41, 5.74) is 1.53. The first-order valence-corrected chi connectivity index (χ1v) is 7.86. The summed E-state index contributed by atoms with van der Waals surface area (Å²) in [5.74, 6) is 0.811. The number of nitrogens with zero attached hydrogens (tertiary/aromatic N) is 4. The summed E-state index contributed by atoms with van der Waals surface area (Å²) in [4.78, 5) is 31.4. The van der Waals surface area contributed by atoms with Crippen LogP contribution in [0.3, 0.4) is 0 Å². The number of azo groups is 1. The summed E-state index contributed by atoms with van der Waals surface area (Å²) in [6, 6.07) is 6.96. The topological polar surface area (TPSA) is 117 Å². The van der Waals surface area contributed by atoms with E-state index in [0.717, 1.165) is 4.68 Å². The number of aromatic amines is 2. The average Bonchev–Trinajstić information content (AvgIpc) is 2.92. The molecular formula is C17H18N6O3. The monoisotopic (exact) mass is 354 g/mol. The number of benzene rings is 1. The molecule has 0 bridgehead atoms. The molecule has 134 valence electrons. The van der Waals surface area contributed by atoms with Crippen molar-refractivity contribution in [1.82, 2.24) is 19.7 Å². The van der Waals surface area contributed by atoms with Crippen molar-refractivity contribution in [1.29, 1.82) is 0 Å². The minimum atomic E-state index is -0.453. The van der Waals surface area contributed by atoms with Gasteiger partial charge in [-0.05, 0) is 45.0 Å². The van der Waals surface area contributed by atoms with Gasteiger partial charge >= 0.3 is 5.56 Å². The van der Waals surface area contributed by atoms with Gasteiger partial charge in [-0.1, -0.05) is 0 Å². The summed E-state index contributed by atoms with van der Waals surface area (Å²) in [6.45, 7) is 5.07. The van der Waals surface area contributed by atoms with Gasteiger partial charge in [0, 0.05) is 11.3 Å². The van der Waals surface area contributed by atoms with Crippen molar-refractivity contribution in [3.63, 3.8) is 0 Å². The fourth-order valence-corrected chi connectivity index (χ4v) is 2.30. The standard InChI is InChI=1S/C17H18N6O3/c1-9-10(2)18-17(19-15(9)24)23-16(25)14(11(3)22-23)21-20-12-5-7-13(26-4)8-6-12/h5-8,22H,1-4H3,(H,18,19,24). The van der Waals surface area contributed by atoms with Crippen molar-refractivity contribution >= 4 is 11.4 Å². The highest BCUT2D eigenvalue weighted by Crippen LogP contribution is 2.21. The SMILES string of the molecule is COc1ccc(N=Nc2c(C)[nH]n(-c3nc(C)c(C)c(=O)[nH]3)c2=O)cc1. The summed E-state index contributed by atoms with van der Waals surface area (Å²) in [5, 5.41) is 11.0. The lowest BCUT2D eigenvalue weighted by molar-refractivity contribution is 0.415. The molecule has 0 radical (unpaired) electrons. The first kappa shape index (κ1) is 17.3. The minimum absolute atomic E-state index is 0.108. The van der Waals surface area contributed by atoms with Crippen molar-refractivity contribution < 1.29 is 4.74 Å². The number of rotatable bonds is 4. The summed E-state index contributed by atoms with van der Waals surface area (Å²) in [7, 11) is 1.58. The van der Waals surface area contributed by atoms with E-state index in [-0.39, 0.29) is 17.2 Å². The third-order valence-electron chi connectivity index (χ3n) is 3.97. The quantitative estimate of drug-likeness (QED) is 0.700. The maximum absolute atomic E-state index is 12.6. The van der Waals surface area contributed by atoms with E-state index in [2.05, 4.69) is 25.3 Å². The van der Waals surface area contributed by atoms with Crippen LogP contribution in [0.15, 0.2) is 44.1 Å². The highest BCUT2D eigenvalue weighted by Gasteiger charge is 2.15. The van der Waals surface area contributed by atoms with Crippen LogP contribution in [0.25, 0.3) is 5.95 Å². The number of hydrogen-bond donors (Lipinski definition) is 2. The molecule has 0 saturated carbocycles. The Kier molecular flexibility index (Phi) is 4.53. The number of H-pyrrole nitrogens is 2. The molecule has 2 heterocycles. The Morgan fingerprint density at radius 1 is 1.08 bits per heavy atom. The second-order valence-corrected chi connectivity index (χ2v) is 5.72. The van der Waals surface area contributed by atoms with E-state index >= 15 is 0 Å². The van der Waals surface area contributed by atoms with Gasteiger partial charge in [-0.2, -0.15) is 9.80 Å². The molecule has 9 heteroatoms. The van der Waals surface area contributed by atoms with E-state index in [1.54, 1.807) is 52.1 Å². The molecule has 0 aliphatic heterocycles. The molecule has 0 fully saturated rings. The number of aryl methyl sites for hydroxylation is 2. The molecule has 2 N–H and O–H groups in total. The van der Waals surface area contributed by atoms with E-state index in [4.69, 9.17) is 4.74 Å². The largest absolute Gasteiger partial charge is 0.497 e. The second kappa shape index (κ2) is 6.79. The van der Waals surface area contributed by atoms with Gasteiger partial charge in [-0.15, -0.1) is 5.11 Å². The van der Waals surface area contributed by atoms with E-state index in [0.29, 0.717) is 28.4 Å². The van der Waals surface area contributed by atoms with Crippen molar-refractivity contribution in [2.75, 3.05) is 7.11 Å². The zero-order valence-corrected chi connectivity index (χ0v) is 14.8. The van der Waals surface area contributed by atoms with Crippen LogP contribution in [-0.4, -0.2) is 26.9 Å². The van der Waals surface area contributed by atoms with Gasteiger partial charge in [0.2, 0.25) is 5.95 Å². The molecular weight excluding hydrogens is 336 g/mol. The van der Waals surface area contributed by atoms with Crippen LogP contribution in [0, 0.1) is 20.8 Å². The van der Waals surface area contributed by atoms with Gasteiger partial charge in [0.05, 0.1) is 18.5 Å². The molecule has 26 heavy (non-hydrogen) atoms. The summed E-state index contributed by atoms with van der Waals surface area (Å²) in [6.07, 6.45) is 0. The van der Waals surface area contributed by atoms with Crippen LogP contribution in [0.5, 0.6) is 5.75 Å². The van der Waals surface area contributed by atoms with Gasteiger partial charge in [-0.3, -0.25) is 19.7 Å². The molecule has 0 unspecified atom stereocenters. The summed E-state index contributed by atoms with van der Waals surface area (Å²) >= 11 is 0. The molecule has 0 aliphatic rings. The predicted molar refractivity (Wildman–Crippen MR) is 96.2 cm³/mol. The van der Waals surface area contributed by atoms with Gasteiger partial charge in [0.25, 0.3) is 5.56 Å². The molecule has 0 saturated heterocycles. The predicted octanol–water partition coefficient (Wildman–Crippen LogP) is 2.60. The molecule has 0 amide bonds. The first-order valence-electron chi connectivity index (χ1n) is 7.86. The zero-order valence-electron chi connectivity index (χ0n) is 14.8. The maximum Gasteiger partial charge on any atom is 0.301 e. The van der Waals surface area contributed by atoms with Crippen LogP contribution >= 0.6 is 0 Å². The lowest BCUT2D eigenvalue weighted by Gasteiger charge is -2.03. The Morgan fingerprint density at radius 2 is 1.77 bits per heavy atom. The number of nitrogens with one attached hydrogen (secondary N) is 2. The molecule has 1 aromatic carbocycles. The van der Waals surface area contributed by atoms with E-state index in [1.165, 1.54) is 0 Å². The molecule has 0 spiro atoms. The Labute approximate surface area is 148 Å². The average molecular weight is 354 g/mol. The number of ether oxygens (including phenoxy) is 1. The van der Waals surface area contributed by atoms with Crippen molar-refractivity contribution in [2.45, 2.75) is 20.8 Å². The highest BCUT2D eigenvalue weighted by atomic mass is 16.5. The van der Waals surface area contributed by atoms with Gasteiger partial charge < -0.3 is 4.74 Å². The van der Waals surface area contributed by atoms with Crippen LogP contribution in [-0.2, 0) is 0 Å². The van der Waals surface area contributed by atoms with Gasteiger partial charge in [0.1, 0.15) is 5.75 Å². The van der Waals surface area contributed by atoms with Gasteiger partial charge in [0.15, 0.2) is 5.69 Å². The molecule has 9 nitrogen and oxygen atoms in total. The second-order valence-electron chi connectivity index (χ2n) is 5.72. The van der Waals surface area contributed by atoms with Crippen LogP contribution < -0.4 is 15.9 Å².